The van der Waals surface area contributed by atoms with Crippen molar-refractivity contribution >= 4 is 0 Å². The summed E-state index contributed by atoms with van der Waals surface area (Å²) in [5.41, 5.74) is 1.38. The highest BCUT2D eigenvalue weighted by atomic mass is 19.1. The Morgan fingerprint density at radius 3 is 2.60 bits per heavy atom. The molecule has 3 nitrogen and oxygen atoms in total. The van der Waals surface area contributed by atoms with E-state index in [1.165, 1.54) is 18.3 Å². The van der Waals surface area contributed by atoms with Crippen LogP contribution in [0.15, 0.2) is 30.5 Å². The molecule has 0 amide bonds. The Hall–Kier alpha value is -1.84. The summed E-state index contributed by atoms with van der Waals surface area (Å²) in [6.45, 7) is 2.59. The molecule has 1 aromatic carbocycles. The van der Waals surface area contributed by atoms with E-state index in [0.717, 1.165) is 5.56 Å². The normalized spacial score (nSPS) is 10.5. The van der Waals surface area contributed by atoms with Crippen LogP contribution in [0.1, 0.15) is 6.92 Å². The molecule has 0 spiro atoms. The molecule has 0 bridgehead atoms. The molecule has 1 heterocycles. The fourth-order valence-electron chi connectivity index (χ4n) is 1.52. The van der Waals surface area contributed by atoms with E-state index in [0.29, 0.717) is 12.2 Å². The van der Waals surface area contributed by atoms with Gasteiger partial charge >= 0.3 is 0 Å². The number of rotatable bonds is 2. The summed E-state index contributed by atoms with van der Waals surface area (Å²) >= 11 is 0. The lowest BCUT2D eigenvalue weighted by Gasteiger charge is -2.04. The minimum absolute atomic E-state index is 0.114. The Kier molecular flexibility index (Phi) is 2.41. The maximum Gasteiger partial charge on any atom is 0.161 e. The van der Waals surface area contributed by atoms with Crippen LogP contribution < -0.4 is 0 Å². The molecule has 0 radical (unpaired) electrons. The number of aryl methyl sites for hydroxylation is 1. The molecule has 0 unspecified atom stereocenters. The molecular weight excluding hydrogens is 195 g/mol. The van der Waals surface area contributed by atoms with Crippen molar-refractivity contribution in [3.63, 3.8) is 0 Å². The van der Waals surface area contributed by atoms with Gasteiger partial charge in [-0.2, -0.15) is 5.10 Å². The van der Waals surface area contributed by atoms with Crippen molar-refractivity contribution in [2.75, 3.05) is 0 Å². The molecule has 0 fully saturated rings. The van der Waals surface area contributed by atoms with Crippen LogP contribution in [0.5, 0.6) is 5.75 Å². The van der Waals surface area contributed by atoms with Crippen molar-refractivity contribution in [3.8, 4) is 17.0 Å². The first-order chi connectivity index (χ1) is 7.22. The SMILES string of the molecule is CCn1ncc(O)c1-c1ccc(F)cc1. The number of halogens is 1. The van der Waals surface area contributed by atoms with E-state index in [1.807, 2.05) is 6.92 Å². The number of hydrogen-bond acceptors (Lipinski definition) is 2. The maximum atomic E-state index is 12.7. The lowest BCUT2D eigenvalue weighted by molar-refractivity contribution is 0.476. The van der Waals surface area contributed by atoms with Crippen LogP contribution in [-0.2, 0) is 6.54 Å². The van der Waals surface area contributed by atoms with Gasteiger partial charge in [0, 0.05) is 12.1 Å². The molecule has 4 heteroatoms. The standard InChI is InChI=1S/C11H11FN2O/c1-2-14-11(10(15)7-13-14)8-3-5-9(12)6-4-8/h3-7,15H,2H2,1H3. The van der Waals surface area contributed by atoms with Crippen molar-refractivity contribution in [3.05, 3.63) is 36.3 Å². The molecule has 2 rings (SSSR count). The predicted octanol–water partition coefficient (Wildman–Crippen LogP) is 2.41. The summed E-state index contributed by atoms with van der Waals surface area (Å²) in [6.07, 6.45) is 1.39. The Labute approximate surface area is 86.8 Å². The van der Waals surface area contributed by atoms with Crippen LogP contribution in [0.4, 0.5) is 4.39 Å². The van der Waals surface area contributed by atoms with Crippen molar-refractivity contribution in [2.24, 2.45) is 0 Å². The van der Waals surface area contributed by atoms with Crippen molar-refractivity contribution in [1.82, 2.24) is 9.78 Å². The molecule has 0 aliphatic carbocycles. The van der Waals surface area contributed by atoms with Gasteiger partial charge < -0.3 is 5.11 Å². The van der Waals surface area contributed by atoms with Gasteiger partial charge in [-0.3, -0.25) is 4.68 Å². The molecule has 0 atom stereocenters. The molecule has 1 N–H and O–H groups in total. The smallest absolute Gasteiger partial charge is 0.161 e. The Bertz CT molecular complexity index is 462. The quantitative estimate of drug-likeness (QED) is 0.819. The largest absolute Gasteiger partial charge is 0.504 e. The second-order valence-electron chi connectivity index (χ2n) is 3.20. The van der Waals surface area contributed by atoms with Crippen LogP contribution in [0.3, 0.4) is 0 Å². The number of hydrogen-bond donors (Lipinski definition) is 1. The minimum atomic E-state index is -0.291. The number of aromatic nitrogens is 2. The first-order valence-corrected chi connectivity index (χ1v) is 4.73. The second-order valence-corrected chi connectivity index (χ2v) is 3.20. The van der Waals surface area contributed by atoms with Gasteiger partial charge in [-0.15, -0.1) is 0 Å². The van der Waals surface area contributed by atoms with Gasteiger partial charge in [0.2, 0.25) is 0 Å². The summed E-state index contributed by atoms with van der Waals surface area (Å²) in [7, 11) is 0. The summed E-state index contributed by atoms with van der Waals surface area (Å²) in [5, 5.41) is 13.6. The third-order valence-electron chi connectivity index (χ3n) is 2.24. The molecule has 0 saturated carbocycles. The highest BCUT2D eigenvalue weighted by Gasteiger charge is 2.10. The average molecular weight is 206 g/mol. The van der Waals surface area contributed by atoms with Gasteiger partial charge in [-0.05, 0) is 31.2 Å². The van der Waals surface area contributed by atoms with E-state index in [1.54, 1.807) is 16.8 Å². The lowest BCUT2D eigenvalue weighted by atomic mass is 10.1. The van der Waals surface area contributed by atoms with Gasteiger partial charge in [-0.1, -0.05) is 0 Å². The minimum Gasteiger partial charge on any atom is -0.504 e. The lowest BCUT2D eigenvalue weighted by Crippen LogP contribution is -1.98. The van der Waals surface area contributed by atoms with E-state index in [4.69, 9.17) is 0 Å². The Morgan fingerprint density at radius 1 is 1.33 bits per heavy atom. The summed E-state index contributed by atoms with van der Waals surface area (Å²) < 4.78 is 14.4. The number of benzene rings is 1. The number of nitrogens with zero attached hydrogens (tertiary/aromatic N) is 2. The number of aromatic hydroxyl groups is 1. The molecular formula is C11H11FN2O. The summed E-state index contributed by atoms with van der Waals surface area (Å²) in [4.78, 5) is 0. The highest BCUT2D eigenvalue weighted by molar-refractivity contribution is 5.65. The highest BCUT2D eigenvalue weighted by Crippen LogP contribution is 2.28. The van der Waals surface area contributed by atoms with Gasteiger partial charge in [0.05, 0.1) is 6.20 Å². The predicted molar refractivity (Wildman–Crippen MR) is 55.0 cm³/mol. The topological polar surface area (TPSA) is 38.0 Å². The Morgan fingerprint density at radius 2 is 2.00 bits per heavy atom. The summed E-state index contributed by atoms with van der Waals surface area (Å²) in [6, 6.07) is 5.97. The zero-order valence-electron chi connectivity index (χ0n) is 8.31. The average Bonchev–Trinajstić information content (AvgIpc) is 2.61. The van der Waals surface area contributed by atoms with Crippen LogP contribution in [-0.4, -0.2) is 14.9 Å². The first kappa shape index (κ1) is 9.71. The van der Waals surface area contributed by atoms with Crippen molar-refractivity contribution < 1.29 is 9.50 Å². The van der Waals surface area contributed by atoms with E-state index >= 15 is 0 Å². The zero-order chi connectivity index (χ0) is 10.8. The monoisotopic (exact) mass is 206 g/mol. The fraction of sp³-hybridized carbons (Fsp3) is 0.182. The van der Waals surface area contributed by atoms with Crippen LogP contribution in [0.2, 0.25) is 0 Å². The molecule has 0 aliphatic heterocycles. The van der Waals surface area contributed by atoms with Crippen molar-refractivity contribution in [2.45, 2.75) is 13.5 Å². The van der Waals surface area contributed by atoms with E-state index < -0.39 is 0 Å². The summed E-state index contributed by atoms with van der Waals surface area (Å²) in [5.74, 6) is -0.177. The maximum absolute atomic E-state index is 12.7. The van der Waals surface area contributed by atoms with E-state index in [-0.39, 0.29) is 11.6 Å². The third-order valence-corrected chi connectivity index (χ3v) is 2.24. The molecule has 0 aliphatic rings. The molecule has 0 saturated heterocycles. The molecule has 78 valence electrons. The van der Waals surface area contributed by atoms with Gasteiger partial charge in [-0.25, -0.2) is 4.39 Å². The van der Waals surface area contributed by atoms with Crippen LogP contribution in [0.25, 0.3) is 11.3 Å². The second kappa shape index (κ2) is 3.73. The van der Waals surface area contributed by atoms with Gasteiger partial charge in [0.25, 0.3) is 0 Å². The van der Waals surface area contributed by atoms with Gasteiger partial charge in [0.15, 0.2) is 5.75 Å². The Balaban J connectivity index is 2.52. The molecule has 15 heavy (non-hydrogen) atoms. The van der Waals surface area contributed by atoms with Crippen LogP contribution in [0, 0.1) is 5.82 Å². The zero-order valence-corrected chi connectivity index (χ0v) is 8.31. The molecule has 1 aromatic heterocycles. The third kappa shape index (κ3) is 1.70. The first-order valence-electron chi connectivity index (χ1n) is 4.73. The van der Waals surface area contributed by atoms with E-state index in [2.05, 4.69) is 5.10 Å². The fourth-order valence-corrected chi connectivity index (χ4v) is 1.52. The van der Waals surface area contributed by atoms with Crippen molar-refractivity contribution in [1.29, 1.82) is 0 Å². The van der Waals surface area contributed by atoms with E-state index in [9.17, 15) is 9.50 Å². The van der Waals surface area contributed by atoms with Crippen LogP contribution >= 0.6 is 0 Å². The molecule has 2 aromatic rings. The van der Waals surface area contributed by atoms with Gasteiger partial charge in [0.1, 0.15) is 11.5 Å².